The van der Waals surface area contributed by atoms with E-state index in [0.29, 0.717) is 6.42 Å². The van der Waals surface area contributed by atoms with E-state index in [1.807, 2.05) is 0 Å². The van der Waals surface area contributed by atoms with E-state index in [1.165, 1.54) is 12.1 Å². The number of aldehydes is 1. The van der Waals surface area contributed by atoms with Crippen molar-refractivity contribution in [2.45, 2.75) is 6.42 Å². The lowest BCUT2D eigenvalue weighted by Gasteiger charge is -1.92. The Morgan fingerprint density at radius 3 is 2.43 bits per heavy atom. The first kappa shape index (κ1) is 10.1. The number of benzene rings is 1. The smallest absolute Gasteiger partial charge is 0.269 e. The number of rotatable bonds is 4. The molecule has 72 valence electrons. The van der Waals surface area contributed by atoms with Gasteiger partial charge in [0.05, 0.1) is 4.92 Å². The number of carbonyl (C=O) groups excluding carboxylic acids is 1. The van der Waals surface area contributed by atoms with Crippen molar-refractivity contribution in [3.63, 3.8) is 0 Å². The van der Waals surface area contributed by atoms with Crippen LogP contribution < -0.4 is 0 Å². The second kappa shape index (κ2) is 4.91. The molecule has 0 unspecified atom stereocenters. The molecular weight excluding hydrogens is 182 g/mol. The minimum Gasteiger partial charge on any atom is -0.303 e. The maximum atomic E-state index is 10.3. The van der Waals surface area contributed by atoms with E-state index >= 15 is 0 Å². The van der Waals surface area contributed by atoms with Crippen molar-refractivity contribution in [2.75, 3.05) is 0 Å². The highest BCUT2D eigenvalue weighted by molar-refractivity contribution is 5.58. The minimum absolute atomic E-state index is 0.0672. The van der Waals surface area contributed by atoms with Crippen LogP contribution >= 0.6 is 0 Å². The summed E-state index contributed by atoms with van der Waals surface area (Å²) in [5.74, 6) is 0. The van der Waals surface area contributed by atoms with Crippen LogP contribution in [0.4, 0.5) is 5.69 Å². The molecule has 0 aliphatic carbocycles. The molecular formula is C10H9NO3. The minimum atomic E-state index is -0.446. The van der Waals surface area contributed by atoms with Gasteiger partial charge in [0.1, 0.15) is 6.29 Å². The summed E-state index contributed by atoms with van der Waals surface area (Å²) in [6.07, 6.45) is 4.60. The van der Waals surface area contributed by atoms with Crippen molar-refractivity contribution in [1.29, 1.82) is 0 Å². The number of carbonyl (C=O) groups is 1. The quantitative estimate of drug-likeness (QED) is 0.416. The van der Waals surface area contributed by atoms with Crippen LogP contribution in [-0.2, 0) is 4.79 Å². The SMILES string of the molecule is O=CC/C=C/c1ccc([N+](=O)[O-])cc1. The highest BCUT2D eigenvalue weighted by Gasteiger charge is 2.01. The number of nitrogens with zero attached hydrogens (tertiary/aromatic N) is 1. The van der Waals surface area contributed by atoms with Gasteiger partial charge in [-0.2, -0.15) is 0 Å². The number of nitro groups is 1. The Morgan fingerprint density at radius 1 is 1.29 bits per heavy atom. The van der Waals surface area contributed by atoms with Crippen LogP contribution in [0.2, 0.25) is 0 Å². The number of nitro benzene ring substituents is 1. The molecule has 4 nitrogen and oxygen atoms in total. The first-order valence-corrected chi connectivity index (χ1v) is 4.08. The summed E-state index contributed by atoms with van der Waals surface area (Å²) in [6, 6.07) is 6.14. The zero-order valence-electron chi connectivity index (χ0n) is 7.42. The second-order valence-corrected chi connectivity index (χ2v) is 2.65. The summed E-state index contributed by atoms with van der Waals surface area (Å²) in [5.41, 5.74) is 0.912. The van der Waals surface area contributed by atoms with Crippen LogP contribution in [0, 0.1) is 10.1 Å². The topological polar surface area (TPSA) is 60.2 Å². The van der Waals surface area contributed by atoms with Gasteiger partial charge in [-0.25, -0.2) is 0 Å². The first-order chi connectivity index (χ1) is 6.74. The zero-order chi connectivity index (χ0) is 10.4. The molecule has 0 amide bonds. The average Bonchev–Trinajstić information content (AvgIpc) is 2.19. The third kappa shape index (κ3) is 2.82. The molecule has 0 saturated carbocycles. The molecule has 0 aromatic heterocycles. The van der Waals surface area contributed by atoms with Crippen molar-refractivity contribution >= 4 is 18.0 Å². The van der Waals surface area contributed by atoms with Gasteiger partial charge in [-0.3, -0.25) is 10.1 Å². The monoisotopic (exact) mass is 191 g/mol. The van der Waals surface area contributed by atoms with E-state index in [1.54, 1.807) is 24.3 Å². The van der Waals surface area contributed by atoms with E-state index in [9.17, 15) is 14.9 Å². The average molecular weight is 191 g/mol. The van der Waals surface area contributed by atoms with E-state index in [-0.39, 0.29) is 5.69 Å². The van der Waals surface area contributed by atoms with Crippen LogP contribution in [0.3, 0.4) is 0 Å². The summed E-state index contributed by atoms with van der Waals surface area (Å²) < 4.78 is 0. The maximum absolute atomic E-state index is 10.3. The third-order valence-electron chi connectivity index (χ3n) is 1.65. The van der Waals surface area contributed by atoms with E-state index < -0.39 is 4.92 Å². The van der Waals surface area contributed by atoms with E-state index in [2.05, 4.69) is 0 Å². The van der Waals surface area contributed by atoms with Gasteiger partial charge in [-0.05, 0) is 17.7 Å². The molecule has 1 aromatic rings. The van der Waals surface area contributed by atoms with Crippen LogP contribution in [0.15, 0.2) is 30.3 Å². The molecule has 0 N–H and O–H groups in total. The van der Waals surface area contributed by atoms with Gasteiger partial charge in [-0.15, -0.1) is 0 Å². The van der Waals surface area contributed by atoms with Gasteiger partial charge < -0.3 is 4.79 Å². The van der Waals surface area contributed by atoms with Gasteiger partial charge >= 0.3 is 0 Å². The maximum Gasteiger partial charge on any atom is 0.269 e. The van der Waals surface area contributed by atoms with Crippen LogP contribution in [0.5, 0.6) is 0 Å². The van der Waals surface area contributed by atoms with Crippen molar-refractivity contribution in [1.82, 2.24) is 0 Å². The third-order valence-corrected chi connectivity index (χ3v) is 1.65. The predicted octanol–water partition coefficient (Wildman–Crippen LogP) is 2.20. The van der Waals surface area contributed by atoms with Gasteiger partial charge in [-0.1, -0.05) is 12.2 Å². The lowest BCUT2D eigenvalue weighted by Crippen LogP contribution is -1.86. The fourth-order valence-corrected chi connectivity index (χ4v) is 0.967. The summed E-state index contributed by atoms with van der Waals surface area (Å²) in [4.78, 5) is 19.9. The second-order valence-electron chi connectivity index (χ2n) is 2.65. The molecule has 0 atom stereocenters. The Hall–Kier alpha value is -1.97. The summed E-state index contributed by atoms with van der Waals surface area (Å²) >= 11 is 0. The molecule has 0 spiro atoms. The molecule has 0 bridgehead atoms. The van der Waals surface area contributed by atoms with Crippen molar-refractivity contribution in [2.24, 2.45) is 0 Å². The molecule has 0 aliphatic heterocycles. The first-order valence-electron chi connectivity index (χ1n) is 4.08. The lowest BCUT2D eigenvalue weighted by atomic mass is 10.2. The van der Waals surface area contributed by atoms with Crippen LogP contribution in [0.1, 0.15) is 12.0 Å². The van der Waals surface area contributed by atoms with Crippen molar-refractivity contribution < 1.29 is 9.72 Å². The molecule has 14 heavy (non-hydrogen) atoms. The predicted molar refractivity (Wildman–Crippen MR) is 52.8 cm³/mol. The van der Waals surface area contributed by atoms with E-state index in [4.69, 9.17) is 0 Å². The molecule has 0 heterocycles. The number of non-ortho nitro benzene ring substituents is 1. The summed E-state index contributed by atoms with van der Waals surface area (Å²) in [6.45, 7) is 0. The lowest BCUT2D eigenvalue weighted by molar-refractivity contribution is -0.384. The normalized spacial score (nSPS) is 10.3. The molecule has 0 saturated heterocycles. The Bertz CT molecular complexity index is 354. The number of hydrogen-bond acceptors (Lipinski definition) is 3. The Morgan fingerprint density at radius 2 is 1.93 bits per heavy atom. The highest BCUT2D eigenvalue weighted by Crippen LogP contribution is 2.12. The number of hydrogen-bond donors (Lipinski definition) is 0. The molecule has 1 aromatic carbocycles. The molecule has 0 fully saturated rings. The molecule has 4 heteroatoms. The van der Waals surface area contributed by atoms with Gasteiger partial charge in [0.15, 0.2) is 0 Å². The zero-order valence-corrected chi connectivity index (χ0v) is 7.42. The van der Waals surface area contributed by atoms with Gasteiger partial charge in [0, 0.05) is 18.6 Å². The number of allylic oxidation sites excluding steroid dienone is 1. The fraction of sp³-hybridized carbons (Fsp3) is 0.100. The standard InChI is InChI=1S/C10H9NO3/c12-8-2-1-3-9-4-6-10(7-5-9)11(13)14/h1,3-8H,2H2/b3-1+. The van der Waals surface area contributed by atoms with Crippen LogP contribution in [0.25, 0.3) is 6.08 Å². The van der Waals surface area contributed by atoms with Crippen LogP contribution in [-0.4, -0.2) is 11.2 Å². The highest BCUT2D eigenvalue weighted by atomic mass is 16.6. The molecule has 0 aliphatic rings. The Kier molecular flexibility index (Phi) is 3.55. The molecule has 1 rings (SSSR count). The Balaban J connectivity index is 2.73. The molecule has 0 radical (unpaired) electrons. The fourth-order valence-electron chi connectivity index (χ4n) is 0.967. The Labute approximate surface area is 81.0 Å². The summed E-state index contributed by atoms with van der Waals surface area (Å²) in [5, 5.41) is 10.3. The van der Waals surface area contributed by atoms with Crippen molar-refractivity contribution in [3.8, 4) is 0 Å². The van der Waals surface area contributed by atoms with E-state index in [0.717, 1.165) is 11.8 Å². The summed E-state index contributed by atoms with van der Waals surface area (Å²) in [7, 11) is 0. The van der Waals surface area contributed by atoms with Crippen molar-refractivity contribution in [3.05, 3.63) is 46.0 Å². The van der Waals surface area contributed by atoms with Gasteiger partial charge in [0.2, 0.25) is 0 Å². The van der Waals surface area contributed by atoms with Gasteiger partial charge in [0.25, 0.3) is 5.69 Å². The largest absolute Gasteiger partial charge is 0.303 e.